The largest absolute Gasteiger partial charge is 0.355 e. The van der Waals surface area contributed by atoms with Gasteiger partial charge in [-0.3, -0.25) is 4.79 Å². The van der Waals surface area contributed by atoms with Crippen LogP contribution in [0, 0.1) is 12.8 Å². The first kappa shape index (κ1) is 16.0. The first-order valence-electron chi connectivity index (χ1n) is 6.93. The molecule has 0 aliphatic carbocycles. The van der Waals surface area contributed by atoms with Crippen molar-refractivity contribution >= 4 is 17.5 Å². The van der Waals surface area contributed by atoms with Crippen molar-refractivity contribution in [3.05, 3.63) is 35.4 Å². The molecular formula is C16H24ClNO. The van der Waals surface area contributed by atoms with Crippen LogP contribution < -0.4 is 5.32 Å². The average Bonchev–Trinajstić information content (AvgIpc) is 2.33. The Labute approximate surface area is 121 Å². The molecule has 0 aromatic heterocycles. The van der Waals surface area contributed by atoms with E-state index in [9.17, 15) is 4.79 Å². The second kappa shape index (κ2) is 8.21. The van der Waals surface area contributed by atoms with Gasteiger partial charge in [-0.15, -0.1) is 11.6 Å². The lowest BCUT2D eigenvalue weighted by Crippen LogP contribution is -2.30. The molecule has 0 saturated heterocycles. The molecule has 0 spiro atoms. The number of halogens is 1. The molecule has 0 aliphatic rings. The van der Waals surface area contributed by atoms with Crippen LogP contribution in [0.5, 0.6) is 0 Å². The van der Waals surface area contributed by atoms with Crippen molar-refractivity contribution in [2.24, 2.45) is 5.92 Å². The first-order chi connectivity index (χ1) is 8.97. The lowest BCUT2D eigenvalue weighted by Gasteiger charge is -2.13. The highest BCUT2D eigenvalue weighted by atomic mass is 35.5. The standard InChI is InChI=1S/C16H24ClNO/c1-12(2)9-15(17)11-18-16(19)8-7-14-6-4-5-13(3)10-14/h4-6,10,12,15H,7-9,11H2,1-3H3,(H,18,19). The van der Waals surface area contributed by atoms with Crippen molar-refractivity contribution in [3.8, 4) is 0 Å². The highest BCUT2D eigenvalue weighted by Gasteiger charge is 2.09. The molecule has 0 radical (unpaired) electrons. The lowest BCUT2D eigenvalue weighted by molar-refractivity contribution is -0.121. The molecule has 3 heteroatoms. The van der Waals surface area contributed by atoms with E-state index in [2.05, 4.69) is 44.3 Å². The van der Waals surface area contributed by atoms with Crippen molar-refractivity contribution in [1.29, 1.82) is 0 Å². The van der Waals surface area contributed by atoms with Gasteiger partial charge in [-0.05, 0) is 31.2 Å². The monoisotopic (exact) mass is 281 g/mol. The van der Waals surface area contributed by atoms with E-state index in [1.807, 2.05) is 6.07 Å². The van der Waals surface area contributed by atoms with Crippen LogP contribution in [0.3, 0.4) is 0 Å². The van der Waals surface area contributed by atoms with E-state index in [0.717, 1.165) is 12.8 Å². The fourth-order valence-electron chi connectivity index (χ4n) is 2.03. The summed E-state index contributed by atoms with van der Waals surface area (Å²) in [4.78, 5) is 11.7. The van der Waals surface area contributed by atoms with Crippen molar-refractivity contribution in [1.82, 2.24) is 5.32 Å². The van der Waals surface area contributed by atoms with Gasteiger partial charge < -0.3 is 5.32 Å². The summed E-state index contributed by atoms with van der Waals surface area (Å²) in [6.07, 6.45) is 2.24. The number of alkyl halides is 1. The van der Waals surface area contributed by atoms with Crippen molar-refractivity contribution in [2.75, 3.05) is 6.54 Å². The van der Waals surface area contributed by atoms with Crippen LogP contribution in [0.1, 0.15) is 37.8 Å². The fourth-order valence-corrected chi connectivity index (χ4v) is 2.47. The second-order valence-corrected chi connectivity index (χ2v) is 6.14. The number of benzene rings is 1. The topological polar surface area (TPSA) is 29.1 Å². The minimum Gasteiger partial charge on any atom is -0.355 e. The summed E-state index contributed by atoms with van der Waals surface area (Å²) in [6, 6.07) is 8.27. The van der Waals surface area contributed by atoms with Gasteiger partial charge in [0.1, 0.15) is 0 Å². The zero-order valence-electron chi connectivity index (χ0n) is 12.1. The summed E-state index contributed by atoms with van der Waals surface area (Å²) in [5.74, 6) is 0.641. The molecule has 1 unspecified atom stereocenters. The zero-order valence-corrected chi connectivity index (χ0v) is 12.8. The van der Waals surface area contributed by atoms with E-state index < -0.39 is 0 Å². The SMILES string of the molecule is Cc1cccc(CCC(=O)NCC(Cl)CC(C)C)c1. The van der Waals surface area contributed by atoms with Crippen LogP contribution in [0.4, 0.5) is 0 Å². The van der Waals surface area contributed by atoms with Gasteiger partial charge in [-0.1, -0.05) is 43.7 Å². The Kier molecular flexibility index (Phi) is 6.93. The number of nitrogens with one attached hydrogen (secondary N) is 1. The van der Waals surface area contributed by atoms with E-state index in [4.69, 9.17) is 11.6 Å². The normalized spacial score (nSPS) is 12.5. The maximum Gasteiger partial charge on any atom is 0.220 e. The Morgan fingerprint density at radius 2 is 2.11 bits per heavy atom. The fraction of sp³-hybridized carbons (Fsp3) is 0.562. The van der Waals surface area contributed by atoms with Crippen molar-refractivity contribution in [2.45, 2.75) is 45.4 Å². The maximum atomic E-state index is 11.7. The highest BCUT2D eigenvalue weighted by Crippen LogP contribution is 2.10. The summed E-state index contributed by atoms with van der Waals surface area (Å²) in [6.45, 7) is 6.89. The smallest absolute Gasteiger partial charge is 0.220 e. The Balaban J connectivity index is 2.25. The maximum absolute atomic E-state index is 11.7. The van der Waals surface area contributed by atoms with Crippen LogP contribution in [-0.2, 0) is 11.2 Å². The van der Waals surface area contributed by atoms with Gasteiger partial charge >= 0.3 is 0 Å². The third kappa shape index (κ3) is 7.22. The highest BCUT2D eigenvalue weighted by molar-refractivity contribution is 6.20. The molecule has 1 atom stereocenters. The number of carbonyl (C=O) groups is 1. The molecule has 0 saturated carbocycles. The van der Waals surface area contributed by atoms with Gasteiger partial charge in [0.15, 0.2) is 0 Å². The summed E-state index contributed by atoms with van der Waals surface area (Å²) in [5, 5.41) is 2.93. The number of aryl methyl sites for hydroxylation is 2. The second-order valence-electron chi connectivity index (χ2n) is 5.52. The number of hydrogen-bond donors (Lipinski definition) is 1. The van der Waals surface area contributed by atoms with Crippen molar-refractivity contribution in [3.63, 3.8) is 0 Å². The zero-order chi connectivity index (χ0) is 14.3. The molecule has 106 valence electrons. The molecule has 2 nitrogen and oxygen atoms in total. The van der Waals surface area contributed by atoms with E-state index in [-0.39, 0.29) is 11.3 Å². The van der Waals surface area contributed by atoms with Crippen LogP contribution >= 0.6 is 11.6 Å². The van der Waals surface area contributed by atoms with Gasteiger partial charge in [0.2, 0.25) is 5.91 Å². The predicted molar refractivity (Wildman–Crippen MR) is 81.6 cm³/mol. The molecule has 1 aromatic rings. The summed E-state index contributed by atoms with van der Waals surface area (Å²) >= 11 is 6.14. The number of carbonyl (C=O) groups excluding carboxylic acids is 1. The molecule has 1 amide bonds. The van der Waals surface area contributed by atoms with Crippen molar-refractivity contribution < 1.29 is 4.79 Å². The number of amides is 1. The lowest BCUT2D eigenvalue weighted by atomic mass is 10.1. The third-order valence-electron chi connectivity index (χ3n) is 2.97. The van der Waals surface area contributed by atoms with E-state index in [1.54, 1.807) is 0 Å². The van der Waals surface area contributed by atoms with E-state index >= 15 is 0 Å². The molecule has 1 aromatic carbocycles. The Morgan fingerprint density at radius 1 is 1.37 bits per heavy atom. The van der Waals surface area contributed by atoms with Crippen LogP contribution in [0.2, 0.25) is 0 Å². The first-order valence-corrected chi connectivity index (χ1v) is 7.37. The van der Waals surface area contributed by atoms with E-state index in [1.165, 1.54) is 11.1 Å². The van der Waals surface area contributed by atoms with Crippen LogP contribution in [0.15, 0.2) is 24.3 Å². The van der Waals surface area contributed by atoms with Gasteiger partial charge in [-0.25, -0.2) is 0 Å². The predicted octanol–water partition coefficient (Wildman–Crippen LogP) is 3.70. The Hall–Kier alpha value is -1.02. The average molecular weight is 282 g/mol. The Bertz CT molecular complexity index is 403. The van der Waals surface area contributed by atoms with Gasteiger partial charge in [-0.2, -0.15) is 0 Å². The molecule has 0 aliphatic heterocycles. The molecule has 0 bridgehead atoms. The third-order valence-corrected chi connectivity index (χ3v) is 3.30. The van der Waals surface area contributed by atoms with Gasteiger partial charge in [0.05, 0.1) is 5.38 Å². The number of hydrogen-bond acceptors (Lipinski definition) is 1. The summed E-state index contributed by atoms with van der Waals surface area (Å²) < 4.78 is 0. The van der Waals surface area contributed by atoms with Gasteiger partial charge in [0, 0.05) is 13.0 Å². The Morgan fingerprint density at radius 3 is 2.74 bits per heavy atom. The minimum absolute atomic E-state index is 0.0305. The molecule has 1 N–H and O–H groups in total. The molecule has 1 rings (SSSR count). The molecule has 19 heavy (non-hydrogen) atoms. The van der Waals surface area contributed by atoms with Gasteiger partial charge in [0.25, 0.3) is 0 Å². The van der Waals surface area contributed by atoms with E-state index in [0.29, 0.717) is 18.9 Å². The molecular weight excluding hydrogens is 258 g/mol. The minimum atomic E-state index is 0.0305. The van der Waals surface area contributed by atoms with Crippen LogP contribution in [0.25, 0.3) is 0 Å². The molecule has 0 heterocycles. The summed E-state index contributed by atoms with van der Waals surface area (Å²) in [5.41, 5.74) is 2.44. The summed E-state index contributed by atoms with van der Waals surface area (Å²) in [7, 11) is 0. The number of rotatable bonds is 7. The van der Waals surface area contributed by atoms with Crippen LogP contribution in [-0.4, -0.2) is 17.8 Å². The quantitative estimate of drug-likeness (QED) is 0.759. The molecule has 0 fully saturated rings.